The van der Waals surface area contributed by atoms with Crippen molar-refractivity contribution in [3.63, 3.8) is 0 Å². The summed E-state index contributed by atoms with van der Waals surface area (Å²) in [7, 11) is -3.00. The normalized spacial score (nSPS) is 26.4. The third kappa shape index (κ3) is 3.73. The van der Waals surface area contributed by atoms with Crippen LogP contribution in [0.5, 0.6) is 0 Å². The molecular formula is C18H22N4O2S. The van der Waals surface area contributed by atoms with E-state index >= 15 is 0 Å². The van der Waals surface area contributed by atoms with Gasteiger partial charge in [0.2, 0.25) is 0 Å². The van der Waals surface area contributed by atoms with Gasteiger partial charge in [0.25, 0.3) is 0 Å². The fourth-order valence-corrected chi connectivity index (χ4v) is 5.96. The minimum Gasteiger partial charge on any atom is -0.292 e. The molecule has 6 nitrogen and oxygen atoms in total. The Morgan fingerprint density at radius 2 is 1.72 bits per heavy atom. The van der Waals surface area contributed by atoms with Crippen molar-refractivity contribution in [2.24, 2.45) is 0 Å². The van der Waals surface area contributed by atoms with Gasteiger partial charge < -0.3 is 0 Å². The molecule has 0 saturated carbocycles. The van der Waals surface area contributed by atoms with Crippen molar-refractivity contribution in [3.8, 4) is 0 Å². The van der Waals surface area contributed by atoms with Gasteiger partial charge in [0.15, 0.2) is 9.84 Å². The zero-order valence-corrected chi connectivity index (χ0v) is 14.8. The molecule has 0 bridgehead atoms. The van der Waals surface area contributed by atoms with Crippen LogP contribution in [0.2, 0.25) is 0 Å². The van der Waals surface area contributed by atoms with Gasteiger partial charge in [-0.1, -0.05) is 12.1 Å². The third-order valence-electron chi connectivity index (χ3n) is 5.11. The molecule has 2 aliphatic heterocycles. The maximum atomic E-state index is 12.3. The van der Waals surface area contributed by atoms with Gasteiger partial charge in [-0.25, -0.2) is 8.42 Å². The summed E-state index contributed by atoms with van der Waals surface area (Å²) in [4.78, 5) is 13.2. The number of nitrogens with zero attached hydrogens (tertiary/aromatic N) is 4. The Hall–Kier alpha value is -1.83. The molecule has 0 amide bonds. The van der Waals surface area contributed by atoms with Crippen molar-refractivity contribution < 1.29 is 8.42 Å². The molecule has 4 heterocycles. The monoisotopic (exact) mass is 358 g/mol. The van der Waals surface area contributed by atoms with Gasteiger partial charge in [-0.15, -0.1) is 0 Å². The van der Waals surface area contributed by atoms with E-state index in [1.807, 2.05) is 36.5 Å². The predicted molar refractivity (Wildman–Crippen MR) is 95.5 cm³/mol. The highest BCUT2D eigenvalue weighted by Crippen LogP contribution is 2.29. The third-order valence-corrected chi connectivity index (χ3v) is 6.80. The first-order valence-corrected chi connectivity index (χ1v) is 10.4. The van der Waals surface area contributed by atoms with Crippen LogP contribution < -0.4 is 0 Å². The average molecular weight is 358 g/mol. The molecule has 2 aromatic heterocycles. The number of pyridine rings is 2. The fraction of sp³-hybridized carbons (Fsp3) is 0.444. The van der Waals surface area contributed by atoms with E-state index in [-0.39, 0.29) is 23.6 Å². The first-order valence-electron chi connectivity index (χ1n) is 8.58. The number of fused-ring (bicyclic) bond motifs is 1. The van der Waals surface area contributed by atoms with E-state index in [4.69, 9.17) is 0 Å². The van der Waals surface area contributed by atoms with Gasteiger partial charge >= 0.3 is 0 Å². The van der Waals surface area contributed by atoms with Gasteiger partial charge in [-0.2, -0.15) is 0 Å². The summed E-state index contributed by atoms with van der Waals surface area (Å²) in [5.74, 6) is 0.491. The van der Waals surface area contributed by atoms with E-state index in [0.29, 0.717) is 6.54 Å². The Labute approximate surface area is 148 Å². The van der Waals surface area contributed by atoms with Crippen LogP contribution in [0.1, 0.15) is 11.3 Å². The van der Waals surface area contributed by atoms with Crippen molar-refractivity contribution in [2.45, 2.75) is 25.2 Å². The van der Waals surface area contributed by atoms with Gasteiger partial charge in [0.05, 0.1) is 17.2 Å². The zero-order chi connectivity index (χ0) is 17.3. The van der Waals surface area contributed by atoms with Crippen LogP contribution in [0.3, 0.4) is 0 Å². The smallest absolute Gasteiger partial charge is 0.153 e. The molecule has 2 aromatic rings. The second-order valence-electron chi connectivity index (χ2n) is 6.83. The number of piperazine rings is 1. The minimum atomic E-state index is -3.00. The van der Waals surface area contributed by atoms with Crippen molar-refractivity contribution in [1.82, 2.24) is 19.8 Å². The molecular weight excluding hydrogens is 336 g/mol. The van der Waals surface area contributed by atoms with Crippen molar-refractivity contribution in [3.05, 3.63) is 60.2 Å². The molecule has 2 aliphatic rings. The summed E-state index contributed by atoms with van der Waals surface area (Å²) in [6.07, 6.45) is 5.41. The Morgan fingerprint density at radius 1 is 0.960 bits per heavy atom. The van der Waals surface area contributed by atoms with E-state index in [9.17, 15) is 8.42 Å². The average Bonchev–Trinajstić information content (AvgIpc) is 2.95. The molecule has 2 unspecified atom stereocenters. The molecule has 132 valence electrons. The standard InChI is InChI=1S/C18H22N4O2S/c23-25(24)13-17-18(14-25)22(12-16-5-1-2-7-20-16)9-8-21(17)11-15-4-3-6-19-10-15/h1-7,10,17-18H,8-9,11-14H2. The molecule has 2 atom stereocenters. The number of aromatic nitrogens is 2. The first kappa shape index (κ1) is 16.6. The summed E-state index contributed by atoms with van der Waals surface area (Å²) in [5.41, 5.74) is 2.12. The van der Waals surface area contributed by atoms with E-state index in [2.05, 4.69) is 19.8 Å². The van der Waals surface area contributed by atoms with Crippen LogP contribution in [0.4, 0.5) is 0 Å². The van der Waals surface area contributed by atoms with Crippen LogP contribution >= 0.6 is 0 Å². The molecule has 0 aliphatic carbocycles. The molecule has 0 N–H and O–H groups in total. The van der Waals surface area contributed by atoms with Gasteiger partial charge in [-0.05, 0) is 23.8 Å². The van der Waals surface area contributed by atoms with Crippen LogP contribution in [-0.2, 0) is 22.9 Å². The van der Waals surface area contributed by atoms with Crippen molar-refractivity contribution >= 4 is 9.84 Å². The highest BCUT2D eigenvalue weighted by molar-refractivity contribution is 7.91. The molecule has 0 spiro atoms. The summed E-state index contributed by atoms with van der Waals surface area (Å²) in [5, 5.41) is 0. The van der Waals surface area contributed by atoms with E-state index in [0.717, 1.165) is 30.9 Å². The van der Waals surface area contributed by atoms with Gasteiger partial charge in [-0.3, -0.25) is 19.8 Å². The van der Waals surface area contributed by atoms with Crippen molar-refractivity contribution in [2.75, 3.05) is 24.6 Å². The lowest BCUT2D eigenvalue weighted by Gasteiger charge is -2.43. The maximum Gasteiger partial charge on any atom is 0.153 e. The number of hydrogen-bond acceptors (Lipinski definition) is 6. The fourth-order valence-electron chi connectivity index (χ4n) is 3.92. The Morgan fingerprint density at radius 3 is 2.36 bits per heavy atom. The summed E-state index contributed by atoms with van der Waals surface area (Å²) < 4.78 is 24.6. The van der Waals surface area contributed by atoms with Gasteiger partial charge in [0, 0.05) is 56.9 Å². The lowest BCUT2D eigenvalue weighted by Crippen LogP contribution is -2.58. The summed E-state index contributed by atoms with van der Waals surface area (Å²) in [6, 6.07) is 9.93. The predicted octanol–water partition coefficient (Wildman–Crippen LogP) is 0.960. The Balaban J connectivity index is 1.53. The Kier molecular flexibility index (Phi) is 4.54. The van der Waals surface area contributed by atoms with Crippen molar-refractivity contribution in [1.29, 1.82) is 0 Å². The molecule has 25 heavy (non-hydrogen) atoms. The molecule has 2 saturated heterocycles. The molecule has 2 fully saturated rings. The molecule has 7 heteroatoms. The van der Waals surface area contributed by atoms with Crippen LogP contribution in [0.15, 0.2) is 48.9 Å². The lowest BCUT2D eigenvalue weighted by molar-refractivity contribution is 0.0347. The number of rotatable bonds is 4. The van der Waals surface area contributed by atoms with Gasteiger partial charge in [0.1, 0.15) is 0 Å². The van der Waals surface area contributed by atoms with E-state index in [1.165, 1.54) is 0 Å². The van der Waals surface area contributed by atoms with Crippen LogP contribution in [0, 0.1) is 0 Å². The quantitative estimate of drug-likeness (QED) is 0.811. The number of hydrogen-bond donors (Lipinski definition) is 0. The van der Waals surface area contributed by atoms with Crippen LogP contribution in [0.25, 0.3) is 0 Å². The minimum absolute atomic E-state index is 0.0393. The van der Waals surface area contributed by atoms with E-state index < -0.39 is 9.84 Å². The largest absolute Gasteiger partial charge is 0.292 e. The highest BCUT2D eigenvalue weighted by Gasteiger charge is 2.46. The maximum absolute atomic E-state index is 12.3. The molecule has 4 rings (SSSR count). The summed E-state index contributed by atoms with van der Waals surface area (Å²) in [6.45, 7) is 3.17. The molecule has 0 aromatic carbocycles. The lowest BCUT2D eigenvalue weighted by atomic mass is 10.0. The highest BCUT2D eigenvalue weighted by atomic mass is 32.2. The summed E-state index contributed by atoms with van der Waals surface area (Å²) >= 11 is 0. The van der Waals surface area contributed by atoms with Crippen LogP contribution in [-0.4, -0.2) is 64.9 Å². The number of sulfone groups is 1. The first-order chi connectivity index (χ1) is 12.1. The zero-order valence-electron chi connectivity index (χ0n) is 14.0. The molecule has 0 radical (unpaired) electrons. The topological polar surface area (TPSA) is 66.4 Å². The second-order valence-corrected chi connectivity index (χ2v) is 8.99. The SMILES string of the molecule is O=S1(=O)CC2C(C1)N(Cc1ccccn1)CCN2Cc1cccnc1. The Bertz CT molecular complexity index is 750. The second kappa shape index (κ2) is 6.82. The van der Waals surface area contributed by atoms with E-state index in [1.54, 1.807) is 12.4 Å².